The summed E-state index contributed by atoms with van der Waals surface area (Å²) in [5.41, 5.74) is 8.37. The summed E-state index contributed by atoms with van der Waals surface area (Å²) in [7, 11) is 3.03. The Balaban J connectivity index is 2.10. The fourth-order valence-corrected chi connectivity index (χ4v) is 3.55. The highest BCUT2D eigenvalue weighted by atomic mass is 19.1. The molecule has 0 aliphatic carbocycles. The smallest absolute Gasteiger partial charge is 0.331 e. The molecule has 142 valence electrons. The molecule has 6 nitrogen and oxygen atoms in total. The second-order valence-electron chi connectivity index (χ2n) is 6.74. The third-order valence-corrected chi connectivity index (χ3v) is 5.01. The van der Waals surface area contributed by atoms with Crippen LogP contribution < -0.4 is 17.0 Å². The second kappa shape index (κ2) is 6.61. The van der Waals surface area contributed by atoms with Crippen LogP contribution in [0.15, 0.2) is 64.2 Å². The molecule has 0 radical (unpaired) electrons. The molecular weight excluding hydrogens is 359 g/mol. The van der Waals surface area contributed by atoms with Crippen molar-refractivity contribution < 1.29 is 4.39 Å². The molecule has 1 atom stereocenters. The van der Waals surface area contributed by atoms with Crippen molar-refractivity contribution in [3.05, 3.63) is 92.5 Å². The largest absolute Gasteiger partial charge is 0.354 e. The Bertz CT molecular complexity index is 1300. The Morgan fingerprint density at radius 2 is 1.71 bits per heavy atom. The zero-order valence-electron chi connectivity index (χ0n) is 15.4. The van der Waals surface area contributed by atoms with E-state index in [0.717, 1.165) is 10.1 Å². The summed E-state index contributed by atoms with van der Waals surface area (Å²) in [4.78, 5) is 28.7. The number of hydrogen-bond acceptors (Lipinski definition) is 3. The molecule has 0 saturated heterocycles. The average Bonchev–Trinajstić information content (AvgIpc) is 3.11. The number of aryl methyl sites for hydroxylation is 1. The van der Waals surface area contributed by atoms with Gasteiger partial charge in [0.1, 0.15) is 5.82 Å². The predicted molar refractivity (Wildman–Crippen MR) is 107 cm³/mol. The lowest BCUT2D eigenvalue weighted by atomic mass is 10.0. The van der Waals surface area contributed by atoms with E-state index in [9.17, 15) is 14.0 Å². The lowest BCUT2D eigenvalue weighted by Gasteiger charge is -2.13. The van der Waals surface area contributed by atoms with Gasteiger partial charge in [-0.3, -0.25) is 13.9 Å². The van der Waals surface area contributed by atoms with Crippen LogP contribution in [0.2, 0.25) is 0 Å². The van der Waals surface area contributed by atoms with Crippen molar-refractivity contribution in [2.24, 2.45) is 19.8 Å². The van der Waals surface area contributed by atoms with Crippen molar-refractivity contribution in [2.75, 3.05) is 0 Å². The summed E-state index contributed by atoms with van der Waals surface area (Å²) in [5.74, 6) is -0.406. The Kier molecular flexibility index (Phi) is 4.24. The standard InChI is InChI=1S/C21H19FN4O2/c1-25-19-15(20(27)26(2)21(25)28)17(12-7-4-3-5-8-12)24-18(19)16(23)13-9-6-10-14(22)11-13/h3-11,16,24H,23H2,1-2H3. The first-order chi connectivity index (χ1) is 13.4. The molecule has 2 aromatic carbocycles. The zero-order valence-corrected chi connectivity index (χ0v) is 15.4. The van der Waals surface area contributed by atoms with Gasteiger partial charge in [-0.25, -0.2) is 9.18 Å². The number of halogens is 1. The van der Waals surface area contributed by atoms with E-state index < -0.39 is 23.1 Å². The summed E-state index contributed by atoms with van der Waals surface area (Å²) in [6.45, 7) is 0. The molecule has 0 amide bonds. The van der Waals surface area contributed by atoms with Crippen LogP contribution in [0, 0.1) is 5.82 Å². The number of benzene rings is 2. The van der Waals surface area contributed by atoms with Gasteiger partial charge in [0.2, 0.25) is 0 Å². The van der Waals surface area contributed by atoms with Gasteiger partial charge in [0.05, 0.1) is 28.3 Å². The van der Waals surface area contributed by atoms with Crippen LogP contribution in [0.5, 0.6) is 0 Å². The van der Waals surface area contributed by atoms with Gasteiger partial charge in [-0.2, -0.15) is 0 Å². The first kappa shape index (κ1) is 17.9. The summed E-state index contributed by atoms with van der Waals surface area (Å²) >= 11 is 0. The molecule has 2 aromatic heterocycles. The highest BCUT2D eigenvalue weighted by Crippen LogP contribution is 2.32. The van der Waals surface area contributed by atoms with Gasteiger partial charge in [0, 0.05) is 14.1 Å². The van der Waals surface area contributed by atoms with Gasteiger partial charge < -0.3 is 10.7 Å². The average molecular weight is 378 g/mol. The van der Waals surface area contributed by atoms with Crippen LogP contribution in [0.1, 0.15) is 17.3 Å². The molecule has 2 heterocycles. The van der Waals surface area contributed by atoms with Crippen molar-refractivity contribution >= 4 is 10.9 Å². The number of aromatic nitrogens is 3. The third-order valence-electron chi connectivity index (χ3n) is 5.01. The molecule has 0 bridgehead atoms. The fraction of sp³-hybridized carbons (Fsp3) is 0.143. The Labute approximate surface area is 159 Å². The number of aromatic amines is 1. The number of fused-ring (bicyclic) bond motifs is 1. The summed E-state index contributed by atoms with van der Waals surface area (Å²) in [5, 5.41) is 0.373. The normalized spacial score (nSPS) is 12.4. The molecule has 7 heteroatoms. The van der Waals surface area contributed by atoms with Crippen LogP contribution in [0.4, 0.5) is 4.39 Å². The Morgan fingerprint density at radius 1 is 1.00 bits per heavy atom. The molecule has 0 saturated carbocycles. The molecule has 28 heavy (non-hydrogen) atoms. The maximum absolute atomic E-state index is 13.7. The number of nitrogens with two attached hydrogens (primary N) is 1. The SMILES string of the molecule is Cn1c(=O)c2c(-c3ccccc3)[nH]c(C(N)c3cccc(F)c3)c2n(C)c1=O. The minimum absolute atomic E-state index is 0.373. The van der Waals surface area contributed by atoms with Crippen molar-refractivity contribution in [3.8, 4) is 11.3 Å². The van der Waals surface area contributed by atoms with Gasteiger partial charge in [0.15, 0.2) is 0 Å². The lowest BCUT2D eigenvalue weighted by Crippen LogP contribution is -2.37. The Hall–Kier alpha value is -3.45. The van der Waals surface area contributed by atoms with Crippen molar-refractivity contribution in [1.82, 2.24) is 14.1 Å². The molecule has 4 aromatic rings. The van der Waals surface area contributed by atoms with Crippen LogP contribution in [0.25, 0.3) is 22.2 Å². The Morgan fingerprint density at radius 3 is 2.39 bits per heavy atom. The fourth-order valence-electron chi connectivity index (χ4n) is 3.55. The predicted octanol–water partition coefficient (Wildman–Crippen LogP) is 2.42. The number of nitrogens with zero attached hydrogens (tertiary/aromatic N) is 2. The van der Waals surface area contributed by atoms with Gasteiger partial charge in [0.25, 0.3) is 5.56 Å². The number of rotatable bonds is 3. The quantitative estimate of drug-likeness (QED) is 0.574. The minimum Gasteiger partial charge on any atom is -0.354 e. The van der Waals surface area contributed by atoms with E-state index in [1.165, 1.54) is 23.7 Å². The zero-order chi connectivity index (χ0) is 20.0. The third kappa shape index (κ3) is 2.68. The summed E-state index contributed by atoms with van der Waals surface area (Å²) < 4.78 is 16.2. The van der Waals surface area contributed by atoms with Gasteiger partial charge in [-0.15, -0.1) is 0 Å². The molecule has 1 unspecified atom stereocenters. The summed E-state index contributed by atoms with van der Waals surface area (Å²) in [6, 6.07) is 14.6. The number of hydrogen-bond donors (Lipinski definition) is 2. The van der Waals surface area contributed by atoms with Crippen molar-refractivity contribution in [1.29, 1.82) is 0 Å². The van der Waals surface area contributed by atoms with E-state index in [4.69, 9.17) is 5.73 Å². The number of H-pyrrole nitrogens is 1. The van der Waals surface area contributed by atoms with Crippen LogP contribution in [-0.2, 0) is 14.1 Å². The van der Waals surface area contributed by atoms with Gasteiger partial charge in [-0.1, -0.05) is 42.5 Å². The molecule has 0 aliphatic heterocycles. The van der Waals surface area contributed by atoms with E-state index in [0.29, 0.717) is 27.9 Å². The highest BCUT2D eigenvalue weighted by Gasteiger charge is 2.24. The first-order valence-corrected chi connectivity index (χ1v) is 8.78. The molecule has 4 rings (SSSR count). The van der Waals surface area contributed by atoms with Gasteiger partial charge in [-0.05, 0) is 23.3 Å². The monoisotopic (exact) mass is 378 g/mol. The van der Waals surface area contributed by atoms with E-state index in [2.05, 4.69) is 4.98 Å². The highest BCUT2D eigenvalue weighted by molar-refractivity contribution is 5.95. The van der Waals surface area contributed by atoms with Crippen molar-refractivity contribution in [3.63, 3.8) is 0 Å². The molecule has 3 N–H and O–H groups in total. The molecule has 0 aliphatic rings. The second-order valence-corrected chi connectivity index (χ2v) is 6.74. The van der Waals surface area contributed by atoms with E-state index in [-0.39, 0.29) is 0 Å². The van der Waals surface area contributed by atoms with Crippen molar-refractivity contribution in [2.45, 2.75) is 6.04 Å². The maximum Gasteiger partial charge on any atom is 0.331 e. The summed E-state index contributed by atoms with van der Waals surface area (Å²) in [6.07, 6.45) is 0. The van der Waals surface area contributed by atoms with Crippen LogP contribution >= 0.6 is 0 Å². The molecule has 0 fully saturated rings. The first-order valence-electron chi connectivity index (χ1n) is 8.78. The van der Waals surface area contributed by atoms with E-state index >= 15 is 0 Å². The van der Waals surface area contributed by atoms with Gasteiger partial charge >= 0.3 is 5.69 Å². The number of nitrogens with one attached hydrogen (secondary N) is 1. The minimum atomic E-state index is -0.742. The van der Waals surface area contributed by atoms with Crippen LogP contribution in [0.3, 0.4) is 0 Å². The lowest BCUT2D eigenvalue weighted by molar-refractivity contribution is 0.623. The maximum atomic E-state index is 13.7. The molecule has 0 spiro atoms. The topological polar surface area (TPSA) is 85.8 Å². The van der Waals surface area contributed by atoms with E-state index in [1.807, 2.05) is 30.3 Å². The van der Waals surface area contributed by atoms with Crippen LogP contribution in [-0.4, -0.2) is 14.1 Å². The molecular formula is C21H19FN4O2. The van der Waals surface area contributed by atoms with E-state index in [1.54, 1.807) is 19.2 Å².